The molecule has 0 aliphatic carbocycles. The average molecular weight is 178 g/mol. The minimum Gasteiger partial charge on any atom is -0.344 e. The van der Waals surface area contributed by atoms with Crippen molar-refractivity contribution in [2.45, 2.75) is 25.6 Å². The minimum absolute atomic E-state index is 0.691. The number of hydrogen-bond acceptors (Lipinski definition) is 1. The number of alkyl halides is 5. The second kappa shape index (κ2) is 5.29. The third kappa shape index (κ3) is 6.03. The maximum Gasteiger partial charge on any atom is 0.293 e. The molecule has 0 aromatic heterocycles. The molecule has 0 spiro atoms. The molecular weight excluding hydrogens is 171 g/mol. The Labute approximate surface area is 60.1 Å². The van der Waals surface area contributed by atoms with E-state index in [1.54, 1.807) is 0 Å². The van der Waals surface area contributed by atoms with Crippen LogP contribution in [0.15, 0.2) is 0 Å². The molecular formula is C5H7F5O. The molecule has 0 N–H and O–H groups in total. The van der Waals surface area contributed by atoms with Gasteiger partial charge in [-0.05, 0) is 0 Å². The standard InChI is InChI=1S/C5H7F5O/c6-3(7)1-2-11-5(10)4(8)9/h3-5H,1-2H2. The molecule has 1 atom stereocenters. The van der Waals surface area contributed by atoms with Crippen LogP contribution in [0.1, 0.15) is 6.42 Å². The van der Waals surface area contributed by atoms with Gasteiger partial charge in [0.2, 0.25) is 6.43 Å². The van der Waals surface area contributed by atoms with Gasteiger partial charge in [-0.3, -0.25) is 0 Å². The summed E-state index contributed by atoms with van der Waals surface area (Å²) in [4.78, 5) is 0. The molecule has 11 heavy (non-hydrogen) atoms. The molecule has 6 heteroatoms. The Balaban J connectivity index is 3.24. The first-order valence-electron chi connectivity index (χ1n) is 2.86. The van der Waals surface area contributed by atoms with E-state index in [9.17, 15) is 22.0 Å². The smallest absolute Gasteiger partial charge is 0.293 e. The lowest BCUT2D eigenvalue weighted by atomic mass is 10.5. The molecule has 0 bridgehead atoms. The molecule has 0 saturated carbocycles. The first kappa shape index (κ1) is 10.6. The van der Waals surface area contributed by atoms with Crippen LogP contribution in [0.4, 0.5) is 22.0 Å². The minimum atomic E-state index is -3.27. The summed E-state index contributed by atoms with van der Waals surface area (Å²) in [5.74, 6) is 0. The van der Waals surface area contributed by atoms with Crippen molar-refractivity contribution in [2.24, 2.45) is 0 Å². The van der Waals surface area contributed by atoms with E-state index >= 15 is 0 Å². The second-order valence-corrected chi connectivity index (χ2v) is 1.74. The molecule has 0 aromatic carbocycles. The monoisotopic (exact) mass is 178 g/mol. The molecule has 0 radical (unpaired) electrons. The third-order valence-electron chi connectivity index (χ3n) is 0.811. The molecule has 0 heterocycles. The van der Waals surface area contributed by atoms with Crippen LogP contribution in [-0.2, 0) is 4.74 Å². The molecule has 0 aliphatic heterocycles. The lowest BCUT2D eigenvalue weighted by molar-refractivity contribution is -0.133. The number of hydrogen-bond donors (Lipinski definition) is 0. The van der Waals surface area contributed by atoms with Crippen molar-refractivity contribution in [1.29, 1.82) is 0 Å². The van der Waals surface area contributed by atoms with Crippen molar-refractivity contribution >= 4 is 0 Å². The fourth-order valence-corrected chi connectivity index (χ4v) is 0.342. The number of ether oxygens (including phenoxy) is 1. The second-order valence-electron chi connectivity index (χ2n) is 1.74. The molecule has 68 valence electrons. The zero-order valence-corrected chi connectivity index (χ0v) is 5.44. The van der Waals surface area contributed by atoms with Crippen molar-refractivity contribution < 1.29 is 26.7 Å². The van der Waals surface area contributed by atoms with E-state index in [4.69, 9.17) is 0 Å². The molecule has 1 nitrogen and oxygen atoms in total. The molecule has 0 amide bonds. The average Bonchev–Trinajstić information content (AvgIpc) is 1.86. The van der Waals surface area contributed by atoms with Crippen LogP contribution in [0.2, 0.25) is 0 Å². The Morgan fingerprint density at radius 1 is 1.00 bits per heavy atom. The largest absolute Gasteiger partial charge is 0.344 e. The maximum atomic E-state index is 11.8. The zero-order chi connectivity index (χ0) is 8.85. The fourth-order valence-electron chi connectivity index (χ4n) is 0.342. The lowest BCUT2D eigenvalue weighted by Crippen LogP contribution is -2.17. The quantitative estimate of drug-likeness (QED) is 0.586. The Kier molecular flexibility index (Phi) is 5.10. The van der Waals surface area contributed by atoms with E-state index in [-0.39, 0.29) is 0 Å². The Morgan fingerprint density at radius 2 is 1.55 bits per heavy atom. The van der Waals surface area contributed by atoms with Gasteiger partial charge in [-0.25, -0.2) is 22.0 Å². The lowest BCUT2D eigenvalue weighted by Gasteiger charge is -2.07. The first-order valence-corrected chi connectivity index (χ1v) is 2.86. The summed E-state index contributed by atoms with van der Waals surface area (Å²) >= 11 is 0. The molecule has 0 aromatic rings. The van der Waals surface area contributed by atoms with E-state index < -0.39 is 32.2 Å². The highest BCUT2D eigenvalue weighted by atomic mass is 19.3. The van der Waals surface area contributed by atoms with Gasteiger partial charge in [-0.15, -0.1) is 0 Å². The molecule has 0 saturated heterocycles. The van der Waals surface area contributed by atoms with Crippen LogP contribution in [0.25, 0.3) is 0 Å². The van der Waals surface area contributed by atoms with Crippen LogP contribution < -0.4 is 0 Å². The first-order chi connectivity index (χ1) is 5.04. The summed E-state index contributed by atoms with van der Waals surface area (Å²) in [6.07, 6.45) is -9.41. The third-order valence-corrected chi connectivity index (χ3v) is 0.811. The maximum absolute atomic E-state index is 11.8. The van der Waals surface area contributed by atoms with Gasteiger partial charge in [-0.2, -0.15) is 0 Å². The van der Waals surface area contributed by atoms with E-state index in [1.807, 2.05) is 0 Å². The van der Waals surface area contributed by atoms with Crippen molar-refractivity contribution in [3.8, 4) is 0 Å². The highest BCUT2D eigenvalue weighted by Gasteiger charge is 2.19. The van der Waals surface area contributed by atoms with Gasteiger partial charge < -0.3 is 4.74 Å². The predicted octanol–water partition coefficient (Wildman–Crippen LogP) is 2.22. The summed E-state index contributed by atoms with van der Waals surface area (Å²) < 4.78 is 60.6. The SMILES string of the molecule is FC(F)CCOC(F)C(F)F. The van der Waals surface area contributed by atoms with Crippen LogP contribution in [0, 0.1) is 0 Å². The van der Waals surface area contributed by atoms with Gasteiger partial charge in [0.1, 0.15) is 0 Å². The number of halogens is 5. The molecule has 0 fully saturated rings. The van der Waals surface area contributed by atoms with Crippen molar-refractivity contribution in [3.05, 3.63) is 0 Å². The van der Waals surface area contributed by atoms with Crippen LogP contribution in [0.5, 0.6) is 0 Å². The van der Waals surface area contributed by atoms with Gasteiger partial charge in [0, 0.05) is 6.42 Å². The van der Waals surface area contributed by atoms with Gasteiger partial charge in [-0.1, -0.05) is 0 Å². The summed E-state index contributed by atoms with van der Waals surface area (Å²) in [6.45, 7) is -0.691. The van der Waals surface area contributed by atoms with Gasteiger partial charge in [0.25, 0.3) is 12.8 Å². The van der Waals surface area contributed by atoms with E-state index in [2.05, 4.69) is 4.74 Å². The van der Waals surface area contributed by atoms with Crippen molar-refractivity contribution in [3.63, 3.8) is 0 Å². The van der Waals surface area contributed by atoms with E-state index in [0.717, 1.165) is 0 Å². The van der Waals surface area contributed by atoms with Crippen molar-refractivity contribution in [2.75, 3.05) is 6.61 Å². The summed E-state index contributed by atoms with van der Waals surface area (Å²) in [5.41, 5.74) is 0. The van der Waals surface area contributed by atoms with Gasteiger partial charge >= 0.3 is 0 Å². The van der Waals surface area contributed by atoms with E-state index in [1.165, 1.54) is 0 Å². The summed E-state index contributed by atoms with van der Waals surface area (Å²) in [5, 5.41) is 0. The molecule has 1 unspecified atom stereocenters. The Bertz CT molecular complexity index is 96.9. The predicted molar refractivity (Wildman–Crippen MR) is 27.5 cm³/mol. The van der Waals surface area contributed by atoms with Gasteiger partial charge in [0.05, 0.1) is 6.61 Å². The molecule has 0 rings (SSSR count). The van der Waals surface area contributed by atoms with E-state index in [0.29, 0.717) is 0 Å². The highest BCUT2D eigenvalue weighted by Crippen LogP contribution is 2.08. The Morgan fingerprint density at radius 3 is 1.91 bits per heavy atom. The van der Waals surface area contributed by atoms with Crippen LogP contribution in [0.3, 0.4) is 0 Å². The van der Waals surface area contributed by atoms with Crippen LogP contribution >= 0.6 is 0 Å². The molecule has 0 aliphatic rings. The van der Waals surface area contributed by atoms with Gasteiger partial charge in [0.15, 0.2) is 0 Å². The fraction of sp³-hybridized carbons (Fsp3) is 1.00. The number of rotatable bonds is 5. The van der Waals surface area contributed by atoms with Crippen LogP contribution in [-0.4, -0.2) is 25.8 Å². The topological polar surface area (TPSA) is 9.23 Å². The highest BCUT2D eigenvalue weighted by molar-refractivity contribution is 4.45. The normalized spacial score (nSPS) is 14.5. The van der Waals surface area contributed by atoms with Crippen molar-refractivity contribution in [1.82, 2.24) is 0 Å². The summed E-state index contributed by atoms with van der Waals surface area (Å²) in [7, 11) is 0. The zero-order valence-electron chi connectivity index (χ0n) is 5.44. The Hall–Kier alpha value is -0.390. The summed E-state index contributed by atoms with van der Waals surface area (Å²) in [6, 6.07) is 0.